The lowest BCUT2D eigenvalue weighted by atomic mass is 11.8. The van der Waals surface area contributed by atoms with Crippen molar-refractivity contribution in [2.24, 2.45) is 0 Å². The Morgan fingerprint density at radius 1 is 2.20 bits per heavy atom. The molecule has 0 bridgehead atoms. The highest BCUT2D eigenvalue weighted by molar-refractivity contribution is 7.38. The van der Waals surface area contributed by atoms with Crippen LogP contribution in [0.3, 0.4) is 0 Å². The molecule has 0 heterocycles. The van der Waals surface area contributed by atoms with Crippen LogP contribution in [0.2, 0.25) is 0 Å². The van der Waals surface area contributed by atoms with E-state index < -0.39 is 7.97 Å². The van der Waals surface area contributed by atoms with Gasteiger partial charge in [-0.25, -0.2) is 0 Å². The summed E-state index contributed by atoms with van der Waals surface area (Å²) in [5.74, 6) is 0. The third kappa shape index (κ3) is 4.19. The van der Waals surface area contributed by atoms with Crippen molar-refractivity contribution in [2.75, 3.05) is 13.8 Å². The fraction of sp³-hybridized carbons (Fsp3) is 1.00. The molecule has 0 aromatic heterocycles. The van der Waals surface area contributed by atoms with Crippen LogP contribution in [0.4, 0.5) is 0 Å². The molecule has 0 rings (SSSR count). The van der Waals surface area contributed by atoms with E-state index in [0.29, 0.717) is 0 Å². The minimum absolute atomic E-state index is 1.24. The van der Waals surface area contributed by atoms with Gasteiger partial charge < -0.3 is 4.52 Å². The average molecular weight is 96.1 g/mol. The van der Waals surface area contributed by atoms with Crippen LogP contribution in [0.1, 0.15) is 0 Å². The Morgan fingerprint density at radius 2 is 2.40 bits per heavy atom. The van der Waals surface area contributed by atoms with E-state index in [4.69, 9.17) is 1.28 Å². The molecule has 0 aromatic rings. The topological polar surface area (TPSA) is 26.3 Å². The number of rotatable bonds is 1. The van der Waals surface area contributed by atoms with Crippen LogP contribution in [0, 0.1) is 0 Å². The summed E-state index contributed by atoms with van der Waals surface area (Å²) in [7, 11) is -1.64. The zero-order valence-electron chi connectivity index (χ0n) is 4.26. The van der Waals surface area contributed by atoms with Gasteiger partial charge >= 0.3 is 0 Å². The summed E-state index contributed by atoms with van der Waals surface area (Å²) in [4.78, 5) is 0. The van der Waals surface area contributed by atoms with E-state index in [9.17, 15) is 4.57 Å². The molecule has 0 aliphatic heterocycles. The van der Waals surface area contributed by atoms with Crippen molar-refractivity contribution in [1.82, 2.24) is 0 Å². The molecule has 3 heteroatoms. The van der Waals surface area contributed by atoms with Crippen LogP contribution in [0.15, 0.2) is 0 Å². The van der Waals surface area contributed by atoms with E-state index in [1.807, 2.05) is 0 Å². The summed E-state index contributed by atoms with van der Waals surface area (Å²) in [6.07, 6.45) is 0. The van der Waals surface area contributed by atoms with Gasteiger partial charge in [0.15, 0.2) is 7.97 Å². The average Bonchev–Trinajstić information content (AvgIpc) is 1.35. The van der Waals surface area contributed by atoms with Gasteiger partial charge in [-0.1, -0.05) is 0 Å². The summed E-state index contributed by atoms with van der Waals surface area (Å²) < 4.78 is 20.7. The number of hydrogen-bond acceptors (Lipinski definition) is 2. The van der Waals surface area contributed by atoms with E-state index in [1.54, 1.807) is 0 Å². The Labute approximate surface area is 33.3 Å². The molecule has 32 valence electrons. The first-order valence-corrected chi connectivity index (χ1v) is 2.85. The SMILES string of the molecule is [3H]P(C)(=O)OC. The van der Waals surface area contributed by atoms with Crippen LogP contribution in [0.25, 0.3) is 0 Å². The van der Waals surface area contributed by atoms with Crippen LogP contribution >= 0.6 is 7.97 Å². The third-order valence-electron chi connectivity index (χ3n) is 0.257. The van der Waals surface area contributed by atoms with Gasteiger partial charge in [0, 0.05) is 13.8 Å². The predicted octanol–water partition coefficient (Wildman–Crippen LogP) is 0.737. The lowest BCUT2D eigenvalue weighted by Gasteiger charge is -1.79. The summed E-state index contributed by atoms with van der Waals surface area (Å²) in [5.41, 5.74) is 0. The van der Waals surface area contributed by atoms with Crippen molar-refractivity contribution >= 4 is 7.97 Å². The van der Waals surface area contributed by atoms with E-state index in [2.05, 4.69) is 4.52 Å². The zero-order chi connectivity index (χ0) is 5.21. The third-order valence-corrected chi connectivity index (χ3v) is 0.771. The van der Waals surface area contributed by atoms with Gasteiger partial charge in [0.25, 0.3) is 0 Å². The Morgan fingerprint density at radius 3 is 2.40 bits per heavy atom. The summed E-state index contributed by atoms with van der Waals surface area (Å²) in [5, 5.41) is 0. The second kappa shape index (κ2) is 2.43. The van der Waals surface area contributed by atoms with E-state index in [0.717, 1.165) is 0 Å². The summed E-state index contributed by atoms with van der Waals surface area (Å²) in [6, 6.07) is 0. The highest BCUT2D eigenvalue weighted by Crippen LogP contribution is 2.10. The highest BCUT2D eigenvalue weighted by Gasteiger charge is 1.72. The minimum atomic E-state index is -2.90. The van der Waals surface area contributed by atoms with Crippen molar-refractivity contribution in [1.29, 1.82) is 1.28 Å². The van der Waals surface area contributed by atoms with Gasteiger partial charge in [0.2, 0.25) is 0 Å². The molecule has 5 heavy (non-hydrogen) atoms. The molecule has 0 N–H and O–H groups in total. The molecule has 1 unspecified atom stereocenters. The smallest absolute Gasteiger partial charge is 0.188 e. The first kappa shape index (κ1) is 3.38. The maximum Gasteiger partial charge on any atom is 0.188 e. The van der Waals surface area contributed by atoms with E-state index in [1.165, 1.54) is 13.8 Å². The van der Waals surface area contributed by atoms with Gasteiger partial charge in [0.1, 0.15) is 1.28 Å². The maximum atomic E-state index is 10.0. The number of hydrogen-bond donors (Lipinski definition) is 0. The van der Waals surface area contributed by atoms with Crippen LogP contribution in [-0.4, -0.2) is 15.1 Å². The Kier molecular flexibility index (Phi) is 1.64. The van der Waals surface area contributed by atoms with Crippen molar-refractivity contribution in [3.8, 4) is 0 Å². The summed E-state index contributed by atoms with van der Waals surface area (Å²) in [6.45, 7) is 1.24. The molecule has 0 saturated carbocycles. The molecule has 1 atom stereocenters. The quantitative estimate of drug-likeness (QED) is 0.450. The standard InChI is InChI=1S/C2H7O2P/c1-4-5(2)3/h5H,1-2H3/i5T. The van der Waals surface area contributed by atoms with Crippen molar-refractivity contribution < 1.29 is 9.09 Å². The molecule has 0 aliphatic carbocycles. The van der Waals surface area contributed by atoms with Crippen LogP contribution in [0.5, 0.6) is 0 Å². The van der Waals surface area contributed by atoms with Gasteiger partial charge in [-0.05, 0) is 0 Å². The summed E-state index contributed by atoms with van der Waals surface area (Å²) >= 11 is 0. The molecule has 0 aliphatic rings. The molecular formula is C2H7O2P. The predicted molar refractivity (Wildman–Crippen MR) is 21.9 cm³/mol. The molecule has 0 radical (unpaired) electrons. The molecular weight excluding hydrogens is 87.0 g/mol. The van der Waals surface area contributed by atoms with Gasteiger partial charge in [0.05, 0.1) is 0 Å². The van der Waals surface area contributed by atoms with Gasteiger partial charge in [-0.3, -0.25) is 4.57 Å². The van der Waals surface area contributed by atoms with E-state index in [-0.39, 0.29) is 0 Å². The molecule has 0 aromatic carbocycles. The second-order valence-electron chi connectivity index (χ2n) is 0.622. The minimum Gasteiger partial charge on any atom is -0.334 e. The van der Waals surface area contributed by atoms with Crippen molar-refractivity contribution in [3.63, 3.8) is 0 Å². The van der Waals surface area contributed by atoms with Crippen molar-refractivity contribution in [2.45, 2.75) is 0 Å². The highest BCUT2D eigenvalue weighted by atomic mass is 31.1. The van der Waals surface area contributed by atoms with E-state index >= 15 is 0 Å². The zero-order valence-corrected chi connectivity index (χ0v) is 4.16. The molecule has 2 nitrogen and oxygen atoms in total. The largest absolute Gasteiger partial charge is 0.334 e. The van der Waals surface area contributed by atoms with Gasteiger partial charge in [-0.15, -0.1) is 0 Å². The Bertz CT molecular complexity index is 75.6. The normalized spacial score (nSPS) is 24.0. The maximum absolute atomic E-state index is 10.0. The van der Waals surface area contributed by atoms with Gasteiger partial charge in [-0.2, -0.15) is 0 Å². The monoisotopic (exact) mass is 96.0 g/mol. The Hall–Kier alpha value is 0.190. The molecule has 0 spiro atoms. The lowest BCUT2D eigenvalue weighted by Crippen LogP contribution is -1.56. The fourth-order valence-corrected chi connectivity index (χ4v) is 0. The Balaban J connectivity index is 3.48. The second-order valence-corrected chi connectivity index (χ2v) is 1.87. The fourth-order valence-electron chi connectivity index (χ4n) is 0. The first-order valence-electron chi connectivity index (χ1n) is 1.67. The van der Waals surface area contributed by atoms with Crippen molar-refractivity contribution in [3.05, 3.63) is 0 Å². The van der Waals surface area contributed by atoms with Crippen LogP contribution in [-0.2, 0) is 9.09 Å². The lowest BCUT2D eigenvalue weighted by molar-refractivity contribution is 0.419. The van der Waals surface area contributed by atoms with Crippen LogP contribution < -0.4 is 0 Å². The molecule has 0 amide bonds. The molecule has 0 fully saturated rings. The first-order chi connectivity index (χ1) is 2.56. The molecule has 0 saturated heterocycles.